The molecule has 1 N–H and O–H groups in total. The Balaban J connectivity index is 2.06. The van der Waals surface area contributed by atoms with Gasteiger partial charge in [-0.15, -0.1) is 0 Å². The Morgan fingerprint density at radius 2 is 2.29 bits per heavy atom. The molecule has 0 atom stereocenters. The number of nitrogens with one attached hydrogen (secondary N) is 1. The first-order valence-electron chi connectivity index (χ1n) is 5.61. The van der Waals surface area contributed by atoms with Crippen molar-refractivity contribution in [2.24, 2.45) is 0 Å². The van der Waals surface area contributed by atoms with E-state index in [2.05, 4.69) is 10.2 Å². The first-order chi connectivity index (χ1) is 8.29. The van der Waals surface area contributed by atoms with Gasteiger partial charge in [-0.1, -0.05) is 0 Å². The second-order valence-corrected chi connectivity index (χ2v) is 4.13. The Hall–Kier alpha value is -2.04. The quantitative estimate of drug-likeness (QED) is 0.850. The number of amides is 1. The zero-order valence-corrected chi connectivity index (χ0v) is 9.56. The van der Waals surface area contributed by atoms with Gasteiger partial charge in [-0.25, -0.2) is 0 Å². The van der Waals surface area contributed by atoms with Crippen molar-refractivity contribution in [3.05, 3.63) is 23.9 Å². The molecule has 0 radical (unpaired) electrons. The van der Waals surface area contributed by atoms with Crippen molar-refractivity contribution in [2.75, 3.05) is 20.2 Å². The van der Waals surface area contributed by atoms with Crippen LogP contribution in [0.1, 0.15) is 16.9 Å². The molecule has 1 aromatic heterocycles. The van der Waals surface area contributed by atoms with Gasteiger partial charge < -0.3 is 9.64 Å². The number of aromatic nitrogens is 2. The van der Waals surface area contributed by atoms with Crippen molar-refractivity contribution in [2.45, 2.75) is 6.42 Å². The number of aromatic amines is 1. The van der Waals surface area contributed by atoms with Gasteiger partial charge in [0.25, 0.3) is 5.91 Å². The minimum Gasteiger partial charge on any atom is -0.497 e. The minimum absolute atomic E-state index is 0.00393. The molecule has 2 aromatic rings. The van der Waals surface area contributed by atoms with Crippen LogP contribution in [0, 0.1) is 0 Å². The van der Waals surface area contributed by atoms with Crippen molar-refractivity contribution in [1.82, 2.24) is 15.1 Å². The van der Waals surface area contributed by atoms with Crippen LogP contribution in [-0.4, -0.2) is 41.2 Å². The van der Waals surface area contributed by atoms with E-state index in [1.165, 1.54) is 0 Å². The number of likely N-dealkylation sites (tertiary alicyclic amines) is 1. The lowest BCUT2D eigenvalue weighted by atomic mass is 10.1. The van der Waals surface area contributed by atoms with Gasteiger partial charge in [-0.05, 0) is 24.6 Å². The number of ether oxygens (including phenoxy) is 1. The van der Waals surface area contributed by atoms with Crippen LogP contribution in [0.2, 0.25) is 0 Å². The molecule has 1 saturated heterocycles. The predicted octanol–water partition coefficient (Wildman–Crippen LogP) is 1.42. The predicted molar refractivity (Wildman–Crippen MR) is 63.2 cm³/mol. The summed E-state index contributed by atoms with van der Waals surface area (Å²) in [6, 6.07) is 5.55. The Bertz CT molecular complexity index is 572. The van der Waals surface area contributed by atoms with Crippen LogP contribution in [0.15, 0.2) is 18.2 Å². The summed E-state index contributed by atoms with van der Waals surface area (Å²) in [7, 11) is 1.61. The van der Waals surface area contributed by atoms with Gasteiger partial charge in [0.05, 0.1) is 12.6 Å². The minimum atomic E-state index is -0.00393. The number of carbonyl (C=O) groups is 1. The number of rotatable bonds is 2. The second-order valence-electron chi connectivity index (χ2n) is 4.13. The number of methoxy groups -OCH3 is 1. The molecule has 0 spiro atoms. The van der Waals surface area contributed by atoms with Gasteiger partial charge >= 0.3 is 0 Å². The van der Waals surface area contributed by atoms with Gasteiger partial charge in [-0.2, -0.15) is 5.10 Å². The first-order valence-corrected chi connectivity index (χ1v) is 5.61. The monoisotopic (exact) mass is 231 g/mol. The molecule has 88 valence electrons. The van der Waals surface area contributed by atoms with Gasteiger partial charge in [-0.3, -0.25) is 9.89 Å². The molecule has 17 heavy (non-hydrogen) atoms. The van der Waals surface area contributed by atoms with E-state index in [-0.39, 0.29) is 5.91 Å². The maximum Gasteiger partial charge on any atom is 0.274 e. The fraction of sp³-hybridized carbons (Fsp3) is 0.333. The summed E-state index contributed by atoms with van der Waals surface area (Å²) >= 11 is 0. The number of benzene rings is 1. The average molecular weight is 231 g/mol. The highest BCUT2D eigenvalue weighted by atomic mass is 16.5. The molecule has 1 aromatic carbocycles. The lowest BCUT2D eigenvalue weighted by Crippen LogP contribution is -2.42. The van der Waals surface area contributed by atoms with Crippen molar-refractivity contribution >= 4 is 16.8 Å². The standard InChI is InChI=1S/C12H13N3O2/c1-17-8-3-4-10-9(7-8)11(14-13-10)12(16)15-5-2-6-15/h3-4,7H,2,5-6H2,1H3,(H,13,14). The van der Waals surface area contributed by atoms with Crippen LogP contribution in [-0.2, 0) is 0 Å². The molecule has 0 aliphatic carbocycles. The maximum atomic E-state index is 12.1. The topological polar surface area (TPSA) is 58.2 Å². The number of hydrogen-bond acceptors (Lipinski definition) is 3. The van der Waals surface area contributed by atoms with E-state index in [0.717, 1.165) is 36.2 Å². The van der Waals surface area contributed by atoms with Crippen LogP contribution in [0.4, 0.5) is 0 Å². The zero-order chi connectivity index (χ0) is 11.8. The lowest BCUT2D eigenvalue weighted by Gasteiger charge is -2.30. The molecule has 5 nitrogen and oxygen atoms in total. The lowest BCUT2D eigenvalue weighted by molar-refractivity contribution is 0.0647. The highest BCUT2D eigenvalue weighted by molar-refractivity contribution is 6.05. The summed E-state index contributed by atoms with van der Waals surface area (Å²) in [6.45, 7) is 1.66. The van der Waals surface area contributed by atoms with E-state index in [9.17, 15) is 4.79 Å². The Morgan fingerprint density at radius 3 is 2.94 bits per heavy atom. The van der Waals surface area contributed by atoms with E-state index in [1.807, 2.05) is 18.2 Å². The second kappa shape index (κ2) is 3.76. The summed E-state index contributed by atoms with van der Waals surface area (Å²) in [5.41, 5.74) is 1.34. The number of H-pyrrole nitrogens is 1. The van der Waals surface area contributed by atoms with Gasteiger partial charge in [0.15, 0.2) is 5.69 Å². The maximum absolute atomic E-state index is 12.1. The molecule has 1 aliphatic heterocycles. The molecule has 0 saturated carbocycles. The van der Waals surface area contributed by atoms with Gasteiger partial charge in [0, 0.05) is 18.5 Å². The molecule has 0 unspecified atom stereocenters. The largest absolute Gasteiger partial charge is 0.497 e. The van der Waals surface area contributed by atoms with Crippen molar-refractivity contribution in [3.63, 3.8) is 0 Å². The third kappa shape index (κ3) is 1.54. The number of nitrogens with zero attached hydrogens (tertiary/aromatic N) is 2. The van der Waals surface area contributed by atoms with Crippen molar-refractivity contribution in [1.29, 1.82) is 0 Å². The highest BCUT2D eigenvalue weighted by Crippen LogP contribution is 2.23. The highest BCUT2D eigenvalue weighted by Gasteiger charge is 2.25. The van der Waals surface area contributed by atoms with E-state index in [1.54, 1.807) is 12.0 Å². The molecule has 2 heterocycles. The zero-order valence-electron chi connectivity index (χ0n) is 9.56. The third-order valence-corrected chi connectivity index (χ3v) is 3.12. The normalized spacial score (nSPS) is 14.8. The molecule has 1 fully saturated rings. The summed E-state index contributed by atoms with van der Waals surface area (Å²) < 4.78 is 5.16. The Labute approximate surface area is 98.4 Å². The van der Waals surface area contributed by atoms with Crippen LogP contribution >= 0.6 is 0 Å². The number of fused-ring (bicyclic) bond motifs is 1. The first kappa shape index (κ1) is 10.1. The van der Waals surface area contributed by atoms with E-state index >= 15 is 0 Å². The van der Waals surface area contributed by atoms with Crippen LogP contribution in [0.5, 0.6) is 5.75 Å². The third-order valence-electron chi connectivity index (χ3n) is 3.12. The molecule has 1 aliphatic rings. The van der Waals surface area contributed by atoms with Crippen molar-refractivity contribution in [3.8, 4) is 5.75 Å². The van der Waals surface area contributed by atoms with Crippen LogP contribution in [0.25, 0.3) is 10.9 Å². The molecule has 5 heteroatoms. The Morgan fingerprint density at radius 1 is 1.47 bits per heavy atom. The molecular formula is C12H13N3O2. The van der Waals surface area contributed by atoms with Crippen LogP contribution < -0.4 is 4.74 Å². The molecule has 3 rings (SSSR count). The fourth-order valence-corrected chi connectivity index (χ4v) is 1.95. The van der Waals surface area contributed by atoms with Gasteiger partial charge in [0.1, 0.15) is 5.75 Å². The van der Waals surface area contributed by atoms with Gasteiger partial charge in [0.2, 0.25) is 0 Å². The molecule has 0 bridgehead atoms. The average Bonchev–Trinajstić information content (AvgIpc) is 2.68. The van der Waals surface area contributed by atoms with Crippen LogP contribution in [0.3, 0.4) is 0 Å². The molecular weight excluding hydrogens is 218 g/mol. The number of hydrogen-bond donors (Lipinski definition) is 1. The van der Waals surface area contributed by atoms with E-state index < -0.39 is 0 Å². The van der Waals surface area contributed by atoms with Crippen molar-refractivity contribution < 1.29 is 9.53 Å². The fourth-order valence-electron chi connectivity index (χ4n) is 1.95. The Kier molecular flexibility index (Phi) is 2.24. The summed E-state index contributed by atoms with van der Waals surface area (Å²) in [5, 5.41) is 7.79. The SMILES string of the molecule is COc1ccc2[nH]nc(C(=O)N3CCC3)c2c1. The number of carbonyl (C=O) groups excluding carboxylic acids is 1. The summed E-state index contributed by atoms with van der Waals surface area (Å²) in [4.78, 5) is 13.9. The van der Waals surface area contributed by atoms with E-state index in [4.69, 9.17) is 4.74 Å². The van der Waals surface area contributed by atoms with E-state index in [0.29, 0.717) is 5.69 Å². The summed E-state index contributed by atoms with van der Waals surface area (Å²) in [6.07, 6.45) is 1.08. The molecule has 1 amide bonds. The smallest absolute Gasteiger partial charge is 0.274 e. The summed E-state index contributed by atoms with van der Waals surface area (Å²) in [5.74, 6) is 0.729.